The van der Waals surface area contributed by atoms with Crippen molar-refractivity contribution in [2.24, 2.45) is 0 Å². The SMILES string of the molecule is C[Si](C)(C)/C=C/CCCC(I)I. The van der Waals surface area contributed by atoms with Crippen molar-refractivity contribution in [3.63, 3.8) is 0 Å². The van der Waals surface area contributed by atoms with Crippen LogP contribution < -0.4 is 0 Å². The fourth-order valence-electron chi connectivity index (χ4n) is 0.827. The van der Waals surface area contributed by atoms with Crippen molar-refractivity contribution in [2.75, 3.05) is 0 Å². The van der Waals surface area contributed by atoms with E-state index in [9.17, 15) is 0 Å². The van der Waals surface area contributed by atoms with Crippen molar-refractivity contribution in [3.8, 4) is 0 Å². The van der Waals surface area contributed by atoms with Crippen LogP contribution in [0.2, 0.25) is 19.6 Å². The first kappa shape index (κ1) is 13.4. The van der Waals surface area contributed by atoms with Crippen LogP contribution in [0.1, 0.15) is 19.3 Å². The van der Waals surface area contributed by atoms with E-state index in [1.54, 1.807) is 0 Å². The van der Waals surface area contributed by atoms with Crippen molar-refractivity contribution in [3.05, 3.63) is 11.8 Å². The number of alkyl halides is 2. The summed E-state index contributed by atoms with van der Waals surface area (Å²) in [5.74, 6) is 0. The molecule has 12 heavy (non-hydrogen) atoms. The number of rotatable bonds is 5. The van der Waals surface area contributed by atoms with Crippen LogP contribution in [0.15, 0.2) is 11.8 Å². The van der Waals surface area contributed by atoms with Gasteiger partial charge in [0.25, 0.3) is 0 Å². The first-order valence-electron chi connectivity index (χ1n) is 4.37. The summed E-state index contributed by atoms with van der Waals surface area (Å²) in [5, 5.41) is 0. The van der Waals surface area contributed by atoms with Crippen molar-refractivity contribution < 1.29 is 0 Å². The van der Waals surface area contributed by atoms with Crippen LogP contribution in [0.5, 0.6) is 0 Å². The minimum atomic E-state index is -0.919. The predicted molar refractivity (Wildman–Crippen MR) is 78.2 cm³/mol. The summed E-state index contributed by atoms with van der Waals surface area (Å²) in [6.45, 7) is 7.13. The molecule has 0 aliphatic rings. The first-order valence-corrected chi connectivity index (χ1v) is 10.4. The number of hydrogen-bond acceptors (Lipinski definition) is 0. The second kappa shape index (κ2) is 6.81. The molecular formula is C9H18I2Si. The van der Waals surface area contributed by atoms with E-state index in [4.69, 9.17) is 0 Å². The summed E-state index contributed by atoms with van der Waals surface area (Å²) in [6, 6.07) is 0. The highest BCUT2D eigenvalue weighted by Crippen LogP contribution is 2.17. The molecule has 3 heteroatoms. The molecule has 0 nitrogen and oxygen atoms in total. The molecule has 0 spiro atoms. The van der Waals surface area contributed by atoms with E-state index in [1.165, 1.54) is 19.3 Å². The third-order valence-electron chi connectivity index (χ3n) is 1.41. The summed E-state index contributed by atoms with van der Waals surface area (Å²) in [4.78, 5) is 0. The predicted octanol–water partition coefficient (Wildman–Crippen LogP) is 4.79. The van der Waals surface area contributed by atoms with Crippen LogP contribution >= 0.6 is 45.2 Å². The lowest BCUT2D eigenvalue weighted by Gasteiger charge is -2.07. The van der Waals surface area contributed by atoms with Crippen molar-refractivity contribution in [2.45, 2.75) is 40.8 Å². The smallest absolute Gasteiger partial charge is 0.0682 e. The Hall–Kier alpha value is 1.42. The molecule has 0 aromatic rings. The first-order chi connectivity index (χ1) is 5.42. The molecule has 0 aromatic heterocycles. The molecule has 0 heterocycles. The molecule has 0 amide bonds. The summed E-state index contributed by atoms with van der Waals surface area (Å²) < 4.78 is 0.806. The van der Waals surface area contributed by atoms with Gasteiger partial charge in [0.1, 0.15) is 0 Å². The van der Waals surface area contributed by atoms with Gasteiger partial charge in [-0.2, -0.15) is 0 Å². The molecule has 0 fully saturated rings. The average Bonchev–Trinajstić information content (AvgIpc) is 1.83. The molecule has 0 saturated heterocycles. The van der Waals surface area contributed by atoms with E-state index < -0.39 is 8.07 Å². The minimum Gasteiger partial charge on any atom is -0.0989 e. The van der Waals surface area contributed by atoms with E-state index in [1.807, 2.05) is 0 Å². The standard InChI is InChI=1S/C9H18I2Si/c1-12(2,3)8-6-4-5-7-9(10)11/h6,8-9H,4-5,7H2,1-3H3/b8-6+. The highest BCUT2D eigenvalue weighted by atomic mass is 127. The van der Waals surface area contributed by atoms with Crippen LogP contribution in [0.3, 0.4) is 0 Å². The molecule has 0 atom stereocenters. The van der Waals surface area contributed by atoms with Gasteiger partial charge in [0.2, 0.25) is 0 Å². The van der Waals surface area contributed by atoms with Crippen LogP contribution in [0.4, 0.5) is 0 Å². The Bertz CT molecular complexity index is 136. The highest BCUT2D eigenvalue weighted by Gasteiger charge is 2.05. The summed E-state index contributed by atoms with van der Waals surface area (Å²) >= 11 is 4.96. The Balaban J connectivity index is 3.37. The number of allylic oxidation sites excluding steroid dienone is 1. The second-order valence-electron chi connectivity index (χ2n) is 4.09. The normalized spacial score (nSPS) is 13.2. The van der Waals surface area contributed by atoms with E-state index in [0.717, 1.165) is 1.93 Å². The lowest BCUT2D eigenvalue weighted by atomic mass is 10.2. The molecule has 72 valence electrons. The topological polar surface area (TPSA) is 0 Å². The maximum Gasteiger partial charge on any atom is 0.0682 e. The Kier molecular flexibility index (Phi) is 7.61. The quantitative estimate of drug-likeness (QED) is 0.266. The zero-order valence-corrected chi connectivity index (χ0v) is 13.4. The average molecular weight is 408 g/mol. The maximum atomic E-state index is 2.48. The molecule has 0 aromatic carbocycles. The molecule has 0 radical (unpaired) electrons. The summed E-state index contributed by atoms with van der Waals surface area (Å²) in [6.07, 6.45) is 6.34. The van der Waals surface area contributed by atoms with Gasteiger partial charge >= 0.3 is 0 Å². The molecule has 0 saturated carbocycles. The maximum absolute atomic E-state index is 2.48. The molecule has 0 bridgehead atoms. The van der Waals surface area contributed by atoms with Gasteiger partial charge in [0.05, 0.1) is 10.0 Å². The minimum absolute atomic E-state index is 0.806. The highest BCUT2D eigenvalue weighted by molar-refractivity contribution is 14.2. The zero-order chi connectivity index (χ0) is 9.61. The zero-order valence-electron chi connectivity index (χ0n) is 8.11. The van der Waals surface area contributed by atoms with Gasteiger partial charge in [0.15, 0.2) is 0 Å². The Morgan fingerprint density at radius 1 is 1.25 bits per heavy atom. The van der Waals surface area contributed by atoms with Crippen LogP contribution in [0, 0.1) is 0 Å². The van der Waals surface area contributed by atoms with Crippen LogP contribution in [0.25, 0.3) is 0 Å². The largest absolute Gasteiger partial charge is 0.0989 e. The second-order valence-corrected chi connectivity index (χ2v) is 14.5. The monoisotopic (exact) mass is 408 g/mol. The molecule has 0 N–H and O–H groups in total. The lowest BCUT2D eigenvalue weighted by Crippen LogP contribution is -2.15. The number of hydrogen-bond donors (Lipinski definition) is 0. The Morgan fingerprint density at radius 3 is 2.25 bits per heavy atom. The summed E-state index contributed by atoms with van der Waals surface area (Å²) in [5.41, 5.74) is 2.45. The third kappa shape index (κ3) is 11.4. The van der Waals surface area contributed by atoms with Gasteiger partial charge in [-0.15, -0.1) is 0 Å². The molecule has 0 aliphatic carbocycles. The van der Waals surface area contributed by atoms with Crippen molar-refractivity contribution >= 4 is 53.3 Å². The summed E-state index contributed by atoms with van der Waals surface area (Å²) in [7, 11) is -0.919. The van der Waals surface area contributed by atoms with Crippen molar-refractivity contribution in [1.82, 2.24) is 0 Å². The Morgan fingerprint density at radius 2 is 1.83 bits per heavy atom. The fourth-order valence-corrected chi connectivity index (χ4v) is 2.58. The van der Waals surface area contributed by atoms with E-state index >= 15 is 0 Å². The number of halogens is 2. The molecular weight excluding hydrogens is 390 g/mol. The fraction of sp³-hybridized carbons (Fsp3) is 0.778. The van der Waals surface area contributed by atoms with E-state index in [0.29, 0.717) is 0 Å². The van der Waals surface area contributed by atoms with Gasteiger partial charge in [0, 0.05) is 0 Å². The van der Waals surface area contributed by atoms with E-state index in [-0.39, 0.29) is 0 Å². The van der Waals surface area contributed by atoms with Gasteiger partial charge in [-0.25, -0.2) is 0 Å². The Labute approximate surface area is 105 Å². The molecule has 0 unspecified atom stereocenters. The van der Waals surface area contributed by atoms with Crippen LogP contribution in [-0.2, 0) is 0 Å². The van der Waals surface area contributed by atoms with Gasteiger partial charge < -0.3 is 0 Å². The lowest BCUT2D eigenvalue weighted by molar-refractivity contribution is 0.823. The van der Waals surface area contributed by atoms with Gasteiger partial charge in [-0.1, -0.05) is 76.6 Å². The van der Waals surface area contributed by atoms with Gasteiger partial charge in [-0.05, 0) is 19.3 Å². The molecule has 0 aliphatic heterocycles. The van der Waals surface area contributed by atoms with Gasteiger partial charge in [-0.3, -0.25) is 0 Å². The van der Waals surface area contributed by atoms with Crippen LogP contribution in [-0.4, -0.2) is 10.0 Å². The number of unbranched alkanes of at least 4 members (excludes halogenated alkanes) is 1. The third-order valence-corrected chi connectivity index (χ3v) is 3.89. The van der Waals surface area contributed by atoms with E-state index in [2.05, 4.69) is 76.6 Å². The molecule has 0 rings (SSSR count). The van der Waals surface area contributed by atoms with Crippen molar-refractivity contribution in [1.29, 1.82) is 0 Å².